The van der Waals surface area contributed by atoms with Gasteiger partial charge in [-0.05, 0) is 43.0 Å². The van der Waals surface area contributed by atoms with Crippen LogP contribution >= 0.6 is 11.3 Å². The Kier molecular flexibility index (Phi) is 3.19. The van der Waals surface area contributed by atoms with Crippen molar-refractivity contribution in [1.29, 1.82) is 0 Å². The molecule has 2 aliphatic rings. The van der Waals surface area contributed by atoms with Crippen LogP contribution in [0.4, 0.5) is 5.69 Å². The van der Waals surface area contributed by atoms with Crippen LogP contribution in [0.3, 0.4) is 0 Å². The Labute approximate surface area is 127 Å². The Bertz CT molecular complexity index is 684. The molecule has 2 aliphatic heterocycles. The Morgan fingerprint density at radius 3 is 3.19 bits per heavy atom. The first-order valence-electron chi connectivity index (χ1n) is 7.27. The van der Waals surface area contributed by atoms with Crippen molar-refractivity contribution in [2.75, 3.05) is 12.0 Å². The molecule has 0 amide bonds. The maximum Gasteiger partial charge on any atom is 0.119 e. The molecule has 1 atom stereocenters. The maximum absolute atomic E-state index is 9.25. The predicted molar refractivity (Wildman–Crippen MR) is 83.6 cm³/mol. The van der Waals surface area contributed by atoms with Gasteiger partial charge in [0.05, 0.1) is 28.9 Å². The number of rotatable bonds is 2. The van der Waals surface area contributed by atoms with E-state index in [9.17, 15) is 5.11 Å². The van der Waals surface area contributed by atoms with Crippen molar-refractivity contribution in [3.8, 4) is 10.4 Å². The van der Waals surface area contributed by atoms with Gasteiger partial charge < -0.3 is 10.5 Å². The molecule has 110 valence electrons. The Balaban J connectivity index is 1.74. The van der Waals surface area contributed by atoms with Gasteiger partial charge in [-0.2, -0.15) is 5.12 Å². The summed E-state index contributed by atoms with van der Waals surface area (Å²) in [6, 6.07) is 6.94. The largest absolute Gasteiger partial charge is 0.389 e. The van der Waals surface area contributed by atoms with Crippen molar-refractivity contribution in [2.24, 2.45) is 0 Å². The zero-order chi connectivity index (χ0) is 14.4. The van der Waals surface area contributed by atoms with Crippen LogP contribution in [0.25, 0.3) is 10.4 Å². The third kappa shape index (κ3) is 2.15. The summed E-state index contributed by atoms with van der Waals surface area (Å²) in [5.41, 5.74) is 11.5. The van der Waals surface area contributed by atoms with E-state index in [-0.39, 0.29) is 6.61 Å². The van der Waals surface area contributed by atoms with E-state index in [0.29, 0.717) is 6.04 Å². The first-order chi connectivity index (χ1) is 10.3. The van der Waals surface area contributed by atoms with Gasteiger partial charge in [-0.25, -0.2) is 10.4 Å². The summed E-state index contributed by atoms with van der Waals surface area (Å²) in [7, 11) is 0. The highest BCUT2D eigenvalue weighted by atomic mass is 32.1. The van der Waals surface area contributed by atoms with Crippen molar-refractivity contribution in [3.05, 3.63) is 34.5 Å². The Morgan fingerprint density at radius 1 is 1.48 bits per heavy atom. The summed E-state index contributed by atoms with van der Waals surface area (Å²) in [5, 5.41) is 12.2. The van der Waals surface area contributed by atoms with E-state index in [2.05, 4.69) is 39.2 Å². The number of nitrogens with one attached hydrogen (secondary N) is 2. The fourth-order valence-electron chi connectivity index (χ4n) is 3.15. The molecule has 1 saturated heterocycles. The van der Waals surface area contributed by atoms with Gasteiger partial charge in [0.2, 0.25) is 0 Å². The standard InChI is InChI=1S/C15H18N4OS/c1-9-15(21-14(8-20)17-9)10-4-5-12-11(7-10)13-3-2-6-16-19(13)18-12/h4-5,7,13,16,18,20H,2-3,6,8H2,1H3/t13-/m1/s1. The van der Waals surface area contributed by atoms with Crippen LogP contribution in [-0.2, 0) is 6.61 Å². The minimum Gasteiger partial charge on any atom is -0.389 e. The predicted octanol–water partition coefficient (Wildman–Crippen LogP) is 2.59. The molecule has 2 aromatic rings. The van der Waals surface area contributed by atoms with Crippen molar-refractivity contribution < 1.29 is 5.11 Å². The molecular weight excluding hydrogens is 284 g/mol. The van der Waals surface area contributed by atoms with Crippen molar-refractivity contribution in [1.82, 2.24) is 15.5 Å². The number of thiazole rings is 1. The molecule has 0 aliphatic carbocycles. The van der Waals surface area contributed by atoms with Gasteiger partial charge in [0.15, 0.2) is 0 Å². The SMILES string of the molecule is Cc1nc(CO)sc1-c1ccc2c(c1)[C@H]1CCCNN1N2. The molecule has 5 nitrogen and oxygen atoms in total. The third-order valence-corrected chi connectivity index (χ3v) is 5.33. The Hall–Kier alpha value is -1.47. The number of aliphatic hydroxyl groups is 1. The van der Waals surface area contributed by atoms with Crippen molar-refractivity contribution >= 4 is 17.0 Å². The average Bonchev–Trinajstić information content (AvgIpc) is 3.07. The van der Waals surface area contributed by atoms with Gasteiger partial charge in [-0.1, -0.05) is 6.07 Å². The second-order valence-corrected chi connectivity index (χ2v) is 6.61. The van der Waals surface area contributed by atoms with Crippen LogP contribution in [0.2, 0.25) is 0 Å². The van der Waals surface area contributed by atoms with Crippen LogP contribution in [-0.4, -0.2) is 21.8 Å². The van der Waals surface area contributed by atoms with Gasteiger partial charge in [0.25, 0.3) is 0 Å². The van der Waals surface area contributed by atoms with E-state index in [0.717, 1.165) is 22.1 Å². The molecule has 0 saturated carbocycles. The third-order valence-electron chi connectivity index (χ3n) is 4.14. The van der Waals surface area contributed by atoms with Crippen molar-refractivity contribution in [2.45, 2.75) is 32.4 Å². The zero-order valence-electron chi connectivity index (χ0n) is 11.9. The molecule has 1 aromatic heterocycles. The number of nitrogens with zero attached hydrogens (tertiary/aromatic N) is 2. The van der Waals surface area contributed by atoms with Gasteiger partial charge in [-0.15, -0.1) is 11.3 Å². The van der Waals surface area contributed by atoms with Gasteiger partial charge >= 0.3 is 0 Å². The molecule has 1 fully saturated rings. The van der Waals surface area contributed by atoms with Crippen LogP contribution in [0.15, 0.2) is 18.2 Å². The molecule has 4 rings (SSSR count). The van der Waals surface area contributed by atoms with Crippen LogP contribution in [0.5, 0.6) is 0 Å². The quantitative estimate of drug-likeness (QED) is 0.796. The van der Waals surface area contributed by atoms with Crippen LogP contribution < -0.4 is 10.9 Å². The smallest absolute Gasteiger partial charge is 0.119 e. The van der Waals surface area contributed by atoms with Gasteiger partial charge in [0.1, 0.15) is 5.01 Å². The monoisotopic (exact) mass is 302 g/mol. The molecule has 21 heavy (non-hydrogen) atoms. The fourth-order valence-corrected chi connectivity index (χ4v) is 4.07. The molecule has 3 N–H and O–H groups in total. The van der Waals surface area contributed by atoms with E-state index in [1.807, 2.05) is 6.92 Å². The number of anilines is 1. The molecule has 3 heterocycles. The molecular formula is C15H18N4OS. The second kappa shape index (κ2) is 5.06. The zero-order valence-corrected chi connectivity index (χ0v) is 12.7. The minimum absolute atomic E-state index is 0.0122. The van der Waals surface area contributed by atoms with Crippen LogP contribution in [0.1, 0.15) is 35.1 Å². The number of aryl methyl sites for hydroxylation is 1. The number of hydrogen-bond donors (Lipinski definition) is 3. The summed E-state index contributed by atoms with van der Waals surface area (Å²) in [4.78, 5) is 5.57. The van der Waals surface area contributed by atoms with E-state index < -0.39 is 0 Å². The summed E-state index contributed by atoms with van der Waals surface area (Å²) in [6.45, 7) is 3.04. The number of aliphatic hydroxyl groups excluding tert-OH is 1. The lowest BCUT2D eigenvalue weighted by Crippen LogP contribution is -2.44. The van der Waals surface area contributed by atoms with E-state index in [1.165, 1.54) is 29.7 Å². The van der Waals surface area contributed by atoms with E-state index in [4.69, 9.17) is 0 Å². The van der Waals surface area contributed by atoms with Crippen molar-refractivity contribution in [3.63, 3.8) is 0 Å². The van der Waals surface area contributed by atoms with Crippen LogP contribution in [0, 0.1) is 6.92 Å². The van der Waals surface area contributed by atoms with Gasteiger partial charge in [0, 0.05) is 6.54 Å². The molecule has 0 radical (unpaired) electrons. The highest BCUT2D eigenvalue weighted by Gasteiger charge is 2.32. The van der Waals surface area contributed by atoms with E-state index >= 15 is 0 Å². The molecule has 0 bridgehead atoms. The molecule has 0 spiro atoms. The maximum atomic E-state index is 9.25. The molecule has 0 unspecified atom stereocenters. The minimum atomic E-state index is 0.0122. The highest BCUT2D eigenvalue weighted by molar-refractivity contribution is 7.15. The lowest BCUT2D eigenvalue weighted by Gasteiger charge is -2.29. The first kappa shape index (κ1) is 13.2. The lowest BCUT2D eigenvalue weighted by atomic mass is 9.98. The highest BCUT2D eigenvalue weighted by Crippen LogP contribution is 2.41. The molecule has 1 aromatic carbocycles. The molecule has 6 heteroatoms. The summed E-state index contributed by atoms with van der Waals surface area (Å²) < 4.78 is 0. The first-order valence-corrected chi connectivity index (χ1v) is 8.09. The van der Waals surface area contributed by atoms with Gasteiger partial charge in [-0.3, -0.25) is 0 Å². The number of benzene rings is 1. The Morgan fingerprint density at radius 2 is 2.38 bits per heavy atom. The fraction of sp³-hybridized carbons (Fsp3) is 0.400. The second-order valence-electron chi connectivity index (χ2n) is 5.53. The number of fused-ring (bicyclic) bond motifs is 3. The number of aromatic nitrogens is 1. The summed E-state index contributed by atoms with van der Waals surface area (Å²) >= 11 is 1.58. The number of hydrazine groups is 2. The summed E-state index contributed by atoms with van der Waals surface area (Å²) in [6.07, 6.45) is 2.36. The normalized spacial score (nSPS) is 21.0. The summed E-state index contributed by atoms with van der Waals surface area (Å²) in [5.74, 6) is 0. The lowest BCUT2D eigenvalue weighted by molar-refractivity contribution is 0.132. The van der Waals surface area contributed by atoms with E-state index in [1.54, 1.807) is 11.3 Å². The average molecular weight is 302 g/mol. The topological polar surface area (TPSA) is 60.4 Å². The number of hydrogen-bond acceptors (Lipinski definition) is 6.